The summed E-state index contributed by atoms with van der Waals surface area (Å²) in [5, 5.41) is 7.59. The number of carbonyl (C=O) groups is 1. The first-order valence-electron chi connectivity index (χ1n) is 4.96. The molecule has 0 aliphatic heterocycles. The topological polar surface area (TPSA) is 79.8 Å². The Balaban J connectivity index is 2.40. The molecule has 3 N–H and O–H groups in total. The Hall–Kier alpha value is -1.71. The second-order valence-electron chi connectivity index (χ2n) is 3.88. The normalized spacial score (nSPS) is 15.0. The van der Waals surface area contributed by atoms with E-state index < -0.39 is 0 Å². The van der Waals surface area contributed by atoms with Crippen molar-refractivity contribution in [2.45, 2.75) is 25.7 Å². The van der Waals surface area contributed by atoms with Crippen molar-refractivity contribution in [1.82, 2.24) is 4.98 Å². The molecule has 4 heteroatoms. The van der Waals surface area contributed by atoms with Crippen LogP contribution in [0.3, 0.4) is 0 Å². The molecule has 15 heavy (non-hydrogen) atoms. The first kappa shape index (κ1) is 9.83. The molecule has 1 aromatic heterocycles. The molecule has 78 valence electrons. The average Bonchev–Trinajstić information content (AvgIpc) is 3.01. The van der Waals surface area contributed by atoms with Crippen molar-refractivity contribution in [1.29, 1.82) is 5.41 Å². The van der Waals surface area contributed by atoms with Crippen LogP contribution in [0.1, 0.15) is 37.1 Å². The third-order valence-corrected chi connectivity index (χ3v) is 2.53. The van der Waals surface area contributed by atoms with Gasteiger partial charge in [-0.15, -0.1) is 0 Å². The second-order valence-corrected chi connectivity index (χ2v) is 3.88. The molecule has 1 fully saturated rings. The number of pyridine rings is 1. The summed E-state index contributed by atoms with van der Waals surface area (Å²) in [5.41, 5.74) is 7.27. The minimum absolute atomic E-state index is 0.102. The van der Waals surface area contributed by atoms with Gasteiger partial charge in [0.25, 0.3) is 0 Å². The smallest absolute Gasteiger partial charge is 0.179 e. The van der Waals surface area contributed by atoms with E-state index in [2.05, 4.69) is 4.98 Å². The fraction of sp³-hybridized carbons (Fsp3) is 0.364. The summed E-state index contributed by atoms with van der Waals surface area (Å²) >= 11 is 0. The lowest BCUT2D eigenvalue weighted by Crippen LogP contribution is -2.15. The van der Waals surface area contributed by atoms with Crippen LogP contribution in [-0.2, 0) is 4.79 Å². The number of ketones is 1. The van der Waals surface area contributed by atoms with Crippen LogP contribution in [0.2, 0.25) is 0 Å². The number of rotatable bonds is 3. The molecule has 0 radical (unpaired) electrons. The zero-order chi connectivity index (χ0) is 11.0. The quantitative estimate of drug-likeness (QED) is 0.730. The Morgan fingerprint density at radius 1 is 1.53 bits per heavy atom. The molecule has 0 amide bonds. The third-order valence-electron chi connectivity index (χ3n) is 2.53. The predicted molar refractivity (Wildman–Crippen MR) is 58.1 cm³/mol. The van der Waals surface area contributed by atoms with Gasteiger partial charge in [-0.05, 0) is 25.0 Å². The Morgan fingerprint density at radius 3 is 2.73 bits per heavy atom. The molecule has 1 aromatic rings. The minimum Gasteiger partial charge on any atom is -0.397 e. The van der Waals surface area contributed by atoms with Crippen LogP contribution < -0.4 is 5.73 Å². The van der Waals surface area contributed by atoms with Crippen LogP contribution in [0, 0.1) is 5.41 Å². The average molecular weight is 203 g/mol. The van der Waals surface area contributed by atoms with E-state index in [0.717, 1.165) is 18.5 Å². The van der Waals surface area contributed by atoms with E-state index in [4.69, 9.17) is 11.1 Å². The molecule has 4 nitrogen and oxygen atoms in total. The Morgan fingerprint density at radius 2 is 2.20 bits per heavy atom. The van der Waals surface area contributed by atoms with Crippen molar-refractivity contribution in [2.75, 3.05) is 5.73 Å². The summed E-state index contributed by atoms with van der Waals surface area (Å²) in [6.07, 6.45) is 2.29. The van der Waals surface area contributed by atoms with Gasteiger partial charge in [-0.1, -0.05) is 0 Å². The van der Waals surface area contributed by atoms with Gasteiger partial charge in [0.05, 0.1) is 5.69 Å². The molecule has 0 unspecified atom stereocenters. The summed E-state index contributed by atoms with van der Waals surface area (Å²) in [7, 11) is 0. The van der Waals surface area contributed by atoms with E-state index in [0.29, 0.717) is 17.3 Å². The van der Waals surface area contributed by atoms with Crippen LogP contribution in [0.5, 0.6) is 0 Å². The van der Waals surface area contributed by atoms with Crippen LogP contribution in [0.4, 0.5) is 5.69 Å². The van der Waals surface area contributed by atoms with Crippen LogP contribution in [0.25, 0.3) is 0 Å². The zero-order valence-electron chi connectivity index (χ0n) is 8.58. The fourth-order valence-electron chi connectivity index (χ4n) is 1.46. The number of anilines is 1. The lowest BCUT2D eigenvalue weighted by atomic mass is 10.1. The highest BCUT2D eigenvalue weighted by atomic mass is 16.1. The Bertz CT molecular complexity index is 435. The first-order valence-corrected chi connectivity index (χ1v) is 4.96. The number of nitrogens with zero attached hydrogens (tertiary/aromatic N) is 1. The molecule has 1 saturated carbocycles. The van der Waals surface area contributed by atoms with Crippen molar-refractivity contribution in [3.8, 4) is 0 Å². The SMILES string of the molecule is CC(=O)C(=N)c1nc(C2CC2)ccc1N. The number of nitrogens with two attached hydrogens (primary N) is 1. The molecular formula is C11H13N3O. The van der Waals surface area contributed by atoms with Gasteiger partial charge in [0.15, 0.2) is 5.78 Å². The molecule has 0 aromatic carbocycles. The van der Waals surface area contributed by atoms with E-state index in [-0.39, 0.29) is 11.5 Å². The van der Waals surface area contributed by atoms with Gasteiger partial charge in [-0.2, -0.15) is 0 Å². The second kappa shape index (κ2) is 3.46. The maximum absolute atomic E-state index is 11.1. The van der Waals surface area contributed by atoms with Gasteiger partial charge >= 0.3 is 0 Å². The number of nitrogen functional groups attached to an aromatic ring is 1. The van der Waals surface area contributed by atoms with Crippen molar-refractivity contribution in [3.63, 3.8) is 0 Å². The van der Waals surface area contributed by atoms with Crippen molar-refractivity contribution < 1.29 is 4.79 Å². The number of aromatic nitrogens is 1. The third kappa shape index (κ3) is 1.88. The molecule has 0 atom stereocenters. The van der Waals surface area contributed by atoms with E-state index in [1.165, 1.54) is 6.92 Å². The summed E-state index contributed by atoms with van der Waals surface area (Å²) in [6, 6.07) is 3.61. The summed E-state index contributed by atoms with van der Waals surface area (Å²) in [5.74, 6) is 0.200. The number of nitrogens with one attached hydrogen (secondary N) is 1. The molecule has 1 aliphatic carbocycles. The van der Waals surface area contributed by atoms with E-state index in [1.54, 1.807) is 6.07 Å². The largest absolute Gasteiger partial charge is 0.397 e. The Labute approximate surface area is 88.0 Å². The molecule has 2 rings (SSSR count). The molecule has 0 bridgehead atoms. The summed E-state index contributed by atoms with van der Waals surface area (Å²) in [4.78, 5) is 15.4. The van der Waals surface area contributed by atoms with Gasteiger partial charge < -0.3 is 5.73 Å². The predicted octanol–water partition coefficient (Wildman–Crippen LogP) is 1.50. The van der Waals surface area contributed by atoms with Crippen molar-refractivity contribution in [2.24, 2.45) is 0 Å². The highest BCUT2D eigenvalue weighted by Crippen LogP contribution is 2.39. The summed E-state index contributed by atoms with van der Waals surface area (Å²) in [6.45, 7) is 1.35. The van der Waals surface area contributed by atoms with E-state index in [1.807, 2.05) is 6.07 Å². The highest BCUT2D eigenvalue weighted by molar-refractivity contribution is 6.44. The van der Waals surface area contributed by atoms with E-state index >= 15 is 0 Å². The minimum atomic E-state index is -0.304. The zero-order valence-corrected chi connectivity index (χ0v) is 8.58. The number of hydrogen-bond donors (Lipinski definition) is 2. The van der Waals surface area contributed by atoms with Gasteiger partial charge in [-0.3, -0.25) is 10.2 Å². The lowest BCUT2D eigenvalue weighted by molar-refractivity contribution is -0.111. The highest BCUT2D eigenvalue weighted by Gasteiger charge is 2.26. The van der Waals surface area contributed by atoms with Crippen LogP contribution >= 0.6 is 0 Å². The van der Waals surface area contributed by atoms with Crippen molar-refractivity contribution in [3.05, 3.63) is 23.5 Å². The van der Waals surface area contributed by atoms with E-state index in [9.17, 15) is 4.79 Å². The molecule has 0 saturated heterocycles. The number of carbonyl (C=O) groups excluding carboxylic acids is 1. The molecule has 1 heterocycles. The van der Waals surface area contributed by atoms with Crippen LogP contribution in [-0.4, -0.2) is 16.5 Å². The van der Waals surface area contributed by atoms with Gasteiger partial charge in [0.2, 0.25) is 0 Å². The van der Waals surface area contributed by atoms with Gasteiger partial charge in [0, 0.05) is 18.5 Å². The van der Waals surface area contributed by atoms with Crippen molar-refractivity contribution >= 4 is 17.2 Å². The van der Waals surface area contributed by atoms with Gasteiger partial charge in [-0.25, -0.2) is 4.98 Å². The monoisotopic (exact) mass is 203 g/mol. The number of hydrogen-bond acceptors (Lipinski definition) is 4. The lowest BCUT2D eigenvalue weighted by Gasteiger charge is -2.06. The molecular weight excluding hydrogens is 190 g/mol. The Kier molecular flexibility index (Phi) is 2.26. The molecule has 0 spiro atoms. The first-order chi connectivity index (χ1) is 7.09. The van der Waals surface area contributed by atoms with Gasteiger partial charge in [0.1, 0.15) is 11.4 Å². The number of Topliss-reactive ketones (excluding diaryl/α,β-unsaturated/α-hetero) is 1. The maximum Gasteiger partial charge on any atom is 0.179 e. The standard InChI is InChI=1S/C11H13N3O/c1-6(15)10(13)11-8(12)4-5-9(14-11)7-2-3-7/h4-5,7,13H,2-3,12H2,1H3. The fourth-order valence-corrected chi connectivity index (χ4v) is 1.46. The van der Waals surface area contributed by atoms with Crippen LogP contribution in [0.15, 0.2) is 12.1 Å². The molecule has 1 aliphatic rings. The summed E-state index contributed by atoms with van der Waals surface area (Å²) < 4.78 is 0. The maximum atomic E-state index is 11.1.